The summed E-state index contributed by atoms with van der Waals surface area (Å²) in [6, 6.07) is 7.53. The third-order valence-electron chi connectivity index (χ3n) is 3.65. The van der Waals surface area contributed by atoms with Gasteiger partial charge in [0.05, 0.1) is 12.5 Å². The number of carbonyl (C=O) groups is 2. The Labute approximate surface area is 124 Å². The standard InChI is InChI=1S/C15H22N4O2/c16-12(10-14(17)20)15(21)18-7-3-8-19-9-6-11-4-1-2-5-13(11)19/h1-2,4-5,12H,3,6-10,16H2,(H2,17,20)(H,18,21). The van der Waals surface area contributed by atoms with Crippen molar-refractivity contribution in [1.29, 1.82) is 0 Å². The molecule has 21 heavy (non-hydrogen) atoms. The Balaban J connectivity index is 1.69. The predicted octanol–water partition coefficient (Wildman–Crippen LogP) is -0.242. The minimum Gasteiger partial charge on any atom is -0.371 e. The first kappa shape index (κ1) is 15.3. The first-order valence-electron chi connectivity index (χ1n) is 7.22. The third-order valence-corrected chi connectivity index (χ3v) is 3.65. The van der Waals surface area contributed by atoms with E-state index in [1.165, 1.54) is 11.3 Å². The third kappa shape index (κ3) is 4.19. The largest absolute Gasteiger partial charge is 0.371 e. The molecule has 1 unspecified atom stereocenters. The summed E-state index contributed by atoms with van der Waals surface area (Å²) in [6.07, 6.45) is 1.79. The number of nitrogens with two attached hydrogens (primary N) is 2. The molecule has 1 aromatic rings. The number of benzene rings is 1. The highest BCUT2D eigenvalue weighted by atomic mass is 16.2. The fourth-order valence-corrected chi connectivity index (χ4v) is 2.56. The van der Waals surface area contributed by atoms with Crippen LogP contribution in [0.15, 0.2) is 24.3 Å². The molecule has 1 aromatic carbocycles. The van der Waals surface area contributed by atoms with Gasteiger partial charge in [0.25, 0.3) is 0 Å². The Bertz CT molecular complexity index is 518. The van der Waals surface area contributed by atoms with Crippen molar-refractivity contribution < 1.29 is 9.59 Å². The summed E-state index contributed by atoms with van der Waals surface area (Å²) in [5.74, 6) is -0.887. The number of amides is 2. The van der Waals surface area contributed by atoms with E-state index in [1.807, 2.05) is 6.07 Å². The van der Waals surface area contributed by atoms with Gasteiger partial charge in [-0.25, -0.2) is 0 Å². The van der Waals surface area contributed by atoms with Crippen molar-refractivity contribution in [2.45, 2.75) is 25.3 Å². The van der Waals surface area contributed by atoms with Gasteiger partial charge >= 0.3 is 0 Å². The average Bonchev–Trinajstić information content (AvgIpc) is 2.86. The van der Waals surface area contributed by atoms with Gasteiger partial charge in [-0.3, -0.25) is 9.59 Å². The number of anilines is 1. The van der Waals surface area contributed by atoms with Crippen LogP contribution >= 0.6 is 0 Å². The summed E-state index contributed by atoms with van der Waals surface area (Å²) < 4.78 is 0. The van der Waals surface area contributed by atoms with Crippen molar-refractivity contribution in [2.24, 2.45) is 11.5 Å². The molecule has 1 atom stereocenters. The maximum absolute atomic E-state index is 11.6. The number of carbonyl (C=O) groups excluding carboxylic acids is 2. The van der Waals surface area contributed by atoms with Crippen molar-refractivity contribution in [2.75, 3.05) is 24.5 Å². The molecule has 1 aliphatic heterocycles. The highest BCUT2D eigenvalue weighted by Crippen LogP contribution is 2.27. The summed E-state index contributed by atoms with van der Waals surface area (Å²) in [5.41, 5.74) is 13.2. The fraction of sp³-hybridized carbons (Fsp3) is 0.467. The first-order valence-corrected chi connectivity index (χ1v) is 7.22. The van der Waals surface area contributed by atoms with Crippen LogP contribution < -0.4 is 21.7 Å². The predicted molar refractivity (Wildman–Crippen MR) is 81.8 cm³/mol. The van der Waals surface area contributed by atoms with E-state index in [4.69, 9.17) is 11.5 Å². The van der Waals surface area contributed by atoms with E-state index in [1.54, 1.807) is 0 Å². The fourth-order valence-electron chi connectivity index (χ4n) is 2.56. The maximum atomic E-state index is 11.6. The Morgan fingerprint density at radius 1 is 1.33 bits per heavy atom. The molecular formula is C15H22N4O2. The Morgan fingerprint density at radius 3 is 2.86 bits per heavy atom. The quantitative estimate of drug-likeness (QED) is 0.603. The molecular weight excluding hydrogens is 268 g/mol. The second-order valence-electron chi connectivity index (χ2n) is 5.29. The zero-order valence-corrected chi connectivity index (χ0v) is 12.0. The monoisotopic (exact) mass is 290 g/mol. The van der Waals surface area contributed by atoms with E-state index in [0.29, 0.717) is 6.54 Å². The van der Waals surface area contributed by atoms with Gasteiger partial charge in [0.2, 0.25) is 11.8 Å². The van der Waals surface area contributed by atoms with Gasteiger partial charge in [-0.05, 0) is 24.5 Å². The maximum Gasteiger partial charge on any atom is 0.237 e. The second-order valence-corrected chi connectivity index (χ2v) is 5.29. The van der Waals surface area contributed by atoms with Crippen LogP contribution in [0.2, 0.25) is 0 Å². The van der Waals surface area contributed by atoms with Gasteiger partial charge in [-0.1, -0.05) is 18.2 Å². The van der Waals surface area contributed by atoms with Gasteiger partial charge in [-0.15, -0.1) is 0 Å². The average molecular weight is 290 g/mol. The first-order chi connectivity index (χ1) is 10.1. The molecule has 2 amide bonds. The molecule has 0 fully saturated rings. The number of hydrogen-bond acceptors (Lipinski definition) is 4. The minimum atomic E-state index is -0.852. The van der Waals surface area contributed by atoms with Crippen molar-refractivity contribution in [3.05, 3.63) is 29.8 Å². The van der Waals surface area contributed by atoms with Crippen molar-refractivity contribution in [3.8, 4) is 0 Å². The van der Waals surface area contributed by atoms with Crippen LogP contribution in [0.3, 0.4) is 0 Å². The molecule has 0 radical (unpaired) electrons. The lowest BCUT2D eigenvalue weighted by atomic mass is 10.2. The summed E-state index contributed by atoms with van der Waals surface area (Å²) in [5, 5.41) is 2.74. The number of primary amides is 1. The lowest BCUT2D eigenvalue weighted by Crippen LogP contribution is -2.43. The van der Waals surface area contributed by atoms with Crippen LogP contribution in [0, 0.1) is 0 Å². The highest BCUT2D eigenvalue weighted by molar-refractivity contribution is 5.87. The van der Waals surface area contributed by atoms with Crippen LogP contribution in [0.25, 0.3) is 0 Å². The molecule has 114 valence electrons. The lowest BCUT2D eigenvalue weighted by Gasteiger charge is -2.19. The molecule has 0 bridgehead atoms. The van der Waals surface area contributed by atoms with Crippen LogP contribution in [0.1, 0.15) is 18.4 Å². The molecule has 0 aliphatic carbocycles. The Hall–Kier alpha value is -2.08. The SMILES string of the molecule is NC(=O)CC(N)C(=O)NCCCN1CCc2ccccc21. The molecule has 6 nitrogen and oxygen atoms in total. The van der Waals surface area contributed by atoms with E-state index in [9.17, 15) is 9.59 Å². The van der Waals surface area contributed by atoms with Crippen LogP contribution in [0.5, 0.6) is 0 Å². The number of rotatable bonds is 7. The number of nitrogens with one attached hydrogen (secondary N) is 1. The summed E-state index contributed by atoms with van der Waals surface area (Å²) in [4.78, 5) is 24.6. The smallest absolute Gasteiger partial charge is 0.237 e. The number of nitrogens with zero attached hydrogens (tertiary/aromatic N) is 1. The summed E-state index contributed by atoms with van der Waals surface area (Å²) >= 11 is 0. The molecule has 1 aliphatic rings. The van der Waals surface area contributed by atoms with Gasteiger partial charge in [-0.2, -0.15) is 0 Å². The van der Waals surface area contributed by atoms with Gasteiger partial charge in [0.15, 0.2) is 0 Å². The second kappa shape index (κ2) is 7.08. The molecule has 6 heteroatoms. The number of fused-ring (bicyclic) bond motifs is 1. The molecule has 0 spiro atoms. The Morgan fingerprint density at radius 2 is 2.10 bits per heavy atom. The molecule has 1 heterocycles. The molecule has 0 aromatic heterocycles. The normalized spacial score (nSPS) is 14.6. The Kier molecular flexibility index (Phi) is 5.16. The molecule has 0 saturated heterocycles. The number of hydrogen-bond donors (Lipinski definition) is 3. The van der Waals surface area contributed by atoms with E-state index in [0.717, 1.165) is 25.9 Å². The minimum absolute atomic E-state index is 0.120. The van der Waals surface area contributed by atoms with Crippen LogP contribution in [-0.4, -0.2) is 37.5 Å². The van der Waals surface area contributed by atoms with E-state index >= 15 is 0 Å². The lowest BCUT2D eigenvalue weighted by molar-refractivity contribution is -0.126. The summed E-state index contributed by atoms with van der Waals surface area (Å²) in [6.45, 7) is 2.46. The zero-order valence-electron chi connectivity index (χ0n) is 12.0. The zero-order chi connectivity index (χ0) is 15.2. The topological polar surface area (TPSA) is 101 Å². The summed E-state index contributed by atoms with van der Waals surface area (Å²) in [7, 11) is 0. The van der Waals surface area contributed by atoms with E-state index in [2.05, 4.69) is 28.4 Å². The number of para-hydroxylation sites is 1. The highest BCUT2D eigenvalue weighted by Gasteiger charge is 2.18. The molecule has 2 rings (SSSR count). The van der Waals surface area contributed by atoms with E-state index < -0.39 is 11.9 Å². The van der Waals surface area contributed by atoms with Crippen molar-refractivity contribution in [1.82, 2.24) is 5.32 Å². The van der Waals surface area contributed by atoms with Gasteiger partial charge in [0.1, 0.15) is 0 Å². The van der Waals surface area contributed by atoms with E-state index in [-0.39, 0.29) is 12.3 Å². The molecule has 5 N–H and O–H groups in total. The van der Waals surface area contributed by atoms with Crippen molar-refractivity contribution >= 4 is 17.5 Å². The van der Waals surface area contributed by atoms with Gasteiger partial charge < -0.3 is 21.7 Å². The van der Waals surface area contributed by atoms with Crippen LogP contribution in [0.4, 0.5) is 5.69 Å². The van der Waals surface area contributed by atoms with Gasteiger partial charge in [0, 0.05) is 25.3 Å². The van der Waals surface area contributed by atoms with Crippen LogP contribution in [-0.2, 0) is 16.0 Å². The van der Waals surface area contributed by atoms with Crippen molar-refractivity contribution in [3.63, 3.8) is 0 Å². The molecule has 0 saturated carbocycles.